The van der Waals surface area contributed by atoms with Gasteiger partial charge in [-0.1, -0.05) is 0 Å². The molecule has 14 heavy (non-hydrogen) atoms. The summed E-state index contributed by atoms with van der Waals surface area (Å²) >= 11 is 1.82. The molecule has 1 heterocycles. The van der Waals surface area contributed by atoms with E-state index >= 15 is 0 Å². The zero-order valence-corrected chi connectivity index (χ0v) is 9.15. The van der Waals surface area contributed by atoms with Crippen LogP contribution in [0.25, 0.3) is 0 Å². The summed E-state index contributed by atoms with van der Waals surface area (Å²) < 4.78 is 0. The number of imide groups is 1. The average Bonchev–Trinajstić information content (AvgIpc) is 2.45. The van der Waals surface area contributed by atoms with E-state index in [-0.39, 0.29) is 17.9 Å². The third kappa shape index (κ3) is 3.67. The first-order chi connectivity index (χ1) is 6.74. The lowest BCUT2D eigenvalue weighted by Gasteiger charge is -2.07. The van der Waals surface area contributed by atoms with Crippen LogP contribution in [0.5, 0.6) is 0 Å². The summed E-state index contributed by atoms with van der Waals surface area (Å²) in [5.41, 5.74) is 0. The van der Waals surface area contributed by atoms with Gasteiger partial charge in [0.25, 0.3) is 0 Å². The molecular formula is C9H16N2O2S. The molecule has 0 aromatic heterocycles. The summed E-state index contributed by atoms with van der Waals surface area (Å²) in [7, 11) is 0. The highest BCUT2D eigenvalue weighted by molar-refractivity contribution is 7.98. The molecule has 0 bridgehead atoms. The smallest absolute Gasteiger partial charge is 0.244 e. The van der Waals surface area contributed by atoms with Gasteiger partial charge in [-0.2, -0.15) is 11.8 Å². The molecule has 1 unspecified atom stereocenters. The molecule has 2 amide bonds. The molecule has 0 radical (unpaired) electrons. The van der Waals surface area contributed by atoms with Crippen LogP contribution in [-0.2, 0) is 9.59 Å². The van der Waals surface area contributed by atoms with Gasteiger partial charge in [-0.05, 0) is 31.4 Å². The number of amides is 2. The summed E-state index contributed by atoms with van der Waals surface area (Å²) in [4.78, 5) is 21.9. The summed E-state index contributed by atoms with van der Waals surface area (Å²) in [6, 6.07) is -0.295. The van der Waals surface area contributed by atoms with Crippen LogP contribution in [0.15, 0.2) is 0 Å². The normalized spacial score (nSPS) is 21.4. The van der Waals surface area contributed by atoms with E-state index in [0.717, 1.165) is 25.1 Å². The van der Waals surface area contributed by atoms with Gasteiger partial charge in [0.15, 0.2) is 0 Å². The molecule has 1 saturated heterocycles. The Balaban J connectivity index is 2.07. The van der Waals surface area contributed by atoms with Gasteiger partial charge in [-0.15, -0.1) is 0 Å². The quantitative estimate of drug-likeness (QED) is 0.489. The first-order valence-corrected chi connectivity index (χ1v) is 6.19. The zero-order valence-electron chi connectivity index (χ0n) is 8.34. The lowest BCUT2D eigenvalue weighted by atomic mass is 10.2. The molecule has 80 valence electrons. The molecule has 0 aromatic carbocycles. The molecule has 0 saturated carbocycles. The molecule has 1 atom stereocenters. The van der Waals surface area contributed by atoms with E-state index in [1.54, 1.807) is 0 Å². The zero-order chi connectivity index (χ0) is 10.4. The first kappa shape index (κ1) is 11.5. The topological polar surface area (TPSA) is 58.2 Å². The van der Waals surface area contributed by atoms with E-state index in [1.165, 1.54) is 0 Å². The van der Waals surface area contributed by atoms with Crippen molar-refractivity contribution < 1.29 is 9.59 Å². The second-order valence-electron chi connectivity index (χ2n) is 3.32. The highest BCUT2D eigenvalue weighted by Gasteiger charge is 2.29. The second-order valence-corrected chi connectivity index (χ2v) is 4.31. The minimum atomic E-state index is -0.295. The maximum atomic E-state index is 11.1. The Morgan fingerprint density at radius 1 is 1.50 bits per heavy atom. The van der Waals surface area contributed by atoms with E-state index in [2.05, 4.69) is 16.9 Å². The van der Waals surface area contributed by atoms with Crippen molar-refractivity contribution in [3.05, 3.63) is 0 Å². The van der Waals surface area contributed by atoms with E-state index in [1.807, 2.05) is 11.8 Å². The Labute approximate surface area is 88.2 Å². The third-order valence-corrected chi connectivity index (χ3v) is 2.83. The lowest BCUT2D eigenvalue weighted by molar-refractivity contribution is -0.125. The third-order valence-electron chi connectivity index (χ3n) is 2.13. The van der Waals surface area contributed by atoms with Crippen LogP contribution < -0.4 is 10.6 Å². The van der Waals surface area contributed by atoms with E-state index in [4.69, 9.17) is 0 Å². The van der Waals surface area contributed by atoms with Crippen LogP contribution in [0.1, 0.15) is 19.3 Å². The van der Waals surface area contributed by atoms with E-state index in [0.29, 0.717) is 6.42 Å². The van der Waals surface area contributed by atoms with Gasteiger partial charge in [-0.25, -0.2) is 0 Å². The van der Waals surface area contributed by atoms with Gasteiger partial charge in [0, 0.05) is 0 Å². The number of hydrogen-bond acceptors (Lipinski definition) is 4. The molecule has 0 aliphatic carbocycles. The summed E-state index contributed by atoms with van der Waals surface area (Å²) in [5.74, 6) is 0.800. The van der Waals surface area contributed by atoms with Gasteiger partial charge in [0.2, 0.25) is 11.8 Å². The number of unbranched alkanes of at least 4 members (excludes halogenated alkanes) is 1. The van der Waals surface area contributed by atoms with Crippen molar-refractivity contribution in [2.45, 2.75) is 25.3 Å². The fraction of sp³-hybridized carbons (Fsp3) is 0.778. The lowest BCUT2D eigenvalue weighted by Crippen LogP contribution is -2.36. The van der Waals surface area contributed by atoms with Crippen LogP contribution in [0.3, 0.4) is 0 Å². The maximum Gasteiger partial charge on any atom is 0.244 e. The molecule has 1 rings (SSSR count). The van der Waals surface area contributed by atoms with Crippen molar-refractivity contribution in [1.29, 1.82) is 0 Å². The van der Waals surface area contributed by atoms with Crippen LogP contribution in [0.2, 0.25) is 0 Å². The Morgan fingerprint density at radius 2 is 2.29 bits per heavy atom. The maximum absolute atomic E-state index is 11.1. The fourth-order valence-corrected chi connectivity index (χ4v) is 1.86. The van der Waals surface area contributed by atoms with Crippen molar-refractivity contribution in [3.63, 3.8) is 0 Å². The average molecular weight is 216 g/mol. The van der Waals surface area contributed by atoms with Crippen LogP contribution in [-0.4, -0.2) is 36.4 Å². The summed E-state index contributed by atoms with van der Waals surface area (Å²) in [5, 5.41) is 5.35. The molecule has 1 aliphatic rings. The number of hydrogen-bond donors (Lipinski definition) is 2. The Hall–Kier alpha value is -0.550. The van der Waals surface area contributed by atoms with Crippen molar-refractivity contribution in [2.24, 2.45) is 0 Å². The largest absolute Gasteiger partial charge is 0.305 e. The number of nitrogens with one attached hydrogen (secondary N) is 2. The number of carbonyl (C=O) groups excluding carboxylic acids is 2. The Kier molecular flexibility index (Phi) is 4.97. The monoisotopic (exact) mass is 216 g/mol. The van der Waals surface area contributed by atoms with Gasteiger partial charge in [-0.3, -0.25) is 14.9 Å². The predicted octanol–water partition coefficient (Wildman–Crippen LogP) is 0.134. The molecule has 5 heteroatoms. The second kappa shape index (κ2) is 6.03. The molecule has 0 spiro atoms. The van der Waals surface area contributed by atoms with Crippen molar-refractivity contribution >= 4 is 23.6 Å². The Morgan fingerprint density at radius 3 is 2.86 bits per heavy atom. The molecular weight excluding hydrogens is 200 g/mol. The molecule has 0 aromatic rings. The predicted molar refractivity (Wildman–Crippen MR) is 57.2 cm³/mol. The van der Waals surface area contributed by atoms with Crippen molar-refractivity contribution in [2.75, 3.05) is 18.6 Å². The van der Waals surface area contributed by atoms with Gasteiger partial charge < -0.3 is 5.32 Å². The molecule has 4 nitrogen and oxygen atoms in total. The molecule has 2 N–H and O–H groups in total. The van der Waals surface area contributed by atoms with Crippen molar-refractivity contribution in [3.8, 4) is 0 Å². The highest BCUT2D eigenvalue weighted by Crippen LogP contribution is 2.02. The Bertz CT molecular complexity index is 221. The van der Waals surface area contributed by atoms with Crippen molar-refractivity contribution in [1.82, 2.24) is 10.6 Å². The number of rotatable bonds is 6. The van der Waals surface area contributed by atoms with Crippen LogP contribution >= 0.6 is 11.8 Å². The van der Waals surface area contributed by atoms with Crippen LogP contribution in [0, 0.1) is 0 Å². The SMILES string of the molecule is CSCCCCNC1CC(=O)NC1=O. The van der Waals surface area contributed by atoms with Crippen LogP contribution in [0.4, 0.5) is 0 Å². The molecule has 1 aliphatic heterocycles. The fourth-order valence-electron chi connectivity index (χ4n) is 1.37. The van der Waals surface area contributed by atoms with E-state index in [9.17, 15) is 9.59 Å². The number of thioether (sulfide) groups is 1. The highest BCUT2D eigenvalue weighted by atomic mass is 32.2. The minimum Gasteiger partial charge on any atom is -0.305 e. The minimum absolute atomic E-state index is 0.170. The first-order valence-electron chi connectivity index (χ1n) is 4.80. The van der Waals surface area contributed by atoms with E-state index < -0.39 is 0 Å². The summed E-state index contributed by atoms with van der Waals surface area (Å²) in [6.45, 7) is 0.811. The van der Waals surface area contributed by atoms with Gasteiger partial charge in [0.1, 0.15) is 0 Å². The standard InChI is InChI=1S/C9H16N2O2S/c1-14-5-3-2-4-10-7-6-8(12)11-9(7)13/h7,10H,2-6H2,1H3,(H,11,12,13). The summed E-state index contributed by atoms with van der Waals surface area (Å²) in [6.07, 6.45) is 4.58. The molecule has 1 fully saturated rings. The number of carbonyl (C=O) groups is 2. The van der Waals surface area contributed by atoms with Gasteiger partial charge >= 0.3 is 0 Å². The van der Waals surface area contributed by atoms with Gasteiger partial charge in [0.05, 0.1) is 12.5 Å².